The van der Waals surface area contributed by atoms with Gasteiger partial charge < -0.3 is 15.4 Å². The highest BCUT2D eigenvalue weighted by atomic mass is 35.5. The molecular weight excluding hydrogens is 316 g/mol. The summed E-state index contributed by atoms with van der Waals surface area (Å²) in [6, 6.07) is 11.8. The smallest absolute Gasteiger partial charge is 0.255 e. The molecule has 2 N–H and O–H groups in total. The molecule has 120 valence electrons. The number of carbonyl (C=O) groups is 2. The van der Waals surface area contributed by atoms with Crippen molar-refractivity contribution in [3.8, 4) is 5.75 Å². The van der Waals surface area contributed by atoms with Gasteiger partial charge in [0.05, 0.1) is 11.6 Å². The SMILES string of the molecule is CCOc1ccc(C(=O)Nc2cccc(NC(C)=O)c2)cc1Cl. The molecule has 0 spiro atoms. The largest absolute Gasteiger partial charge is 0.492 e. The minimum Gasteiger partial charge on any atom is -0.492 e. The average molecular weight is 333 g/mol. The fourth-order valence-electron chi connectivity index (χ4n) is 2.00. The molecule has 0 aromatic heterocycles. The summed E-state index contributed by atoms with van der Waals surface area (Å²) in [6.07, 6.45) is 0. The van der Waals surface area contributed by atoms with Crippen LogP contribution in [0.5, 0.6) is 5.75 Å². The maximum atomic E-state index is 12.3. The van der Waals surface area contributed by atoms with Crippen LogP contribution >= 0.6 is 11.6 Å². The fourth-order valence-corrected chi connectivity index (χ4v) is 2.23. The summed E-state index contributed by atoms with van der Waals surface area (Å²) in [7, 11) is 0. The summed E-state index contributed by atoms with van der Waals surface area (Å²) >= 11 is 6.09. The lowest BCUT2D eigenvalue weighted by Gasteiger charge is -2.10. The highest BCUT2D eigenvalue weighted by molar-refractivity contribution is 6.32. The zero-order valence-corrected chi connectivity index (χ0v) is 13.6. The third-order valence-corrected chi connectivity index (χ3v) is 3.23. The van der Waals surface area contributed by atoms with Crippen LogP contribution in [0.15, 0.2) is 42.5 Å². The molecule has 0 saturated carbocycles. The van der Waals surface area contributed by atoms with E-state index in [1.54, 1.807) is 42.5 Å². The van der Waals surface area contributed by atoms with Gasteiger partial charge in [0.1, 0.15) is 5.75 Å². The van der Waals surface area contributed by atoms with Crippen molar-refractivity contribution in [1.29, 1.82) is 0 Å². The molecule has 2 amide bonds. The van der Waals surface area contributed by atoms with Gasteiger partial charge in [-0.3, -0.25) is 9.59 Å². The molecule has 0 aliphatic heterocycles. The summed E-state index contributed by atoms with van der Waals surface area (Å²) in [5, 5.41) is 5.80. The molecule has 6 heteroatoms. The normalized spacial score (nSPS) is 10.0. The number of carbonyl (C=O) groups excluding carboxylic acids is 2. The molecule has 0 bridgehead atoms. The molecular formula is C17H17ClN2O3. The molecule has 2 aromatic carbocycles. The van der Waals surface area contributed by atoms with Gasteiger partial charge in [0.2, 0.25) is 5.91 Å². The number of hydrogen-bond acceptors (Lipinski definition) is 3. The minimum atomic E-state index is -0.296. The molecule has 2 rings (SSSR count). The number of rotatable bonds is 5. The van der Waals surface area contributed by atoms with E-state index in [9.17, 15) is 9.59 Å². The van der Waals surface area contributed by atoms with Crippen molar-refractivity contribution in [2.24, 2.45) is 0 Å². The first-order valence-electron chi connectivity index (χ1n) is 7.11. The van der Waals surface area contributed by atoms with E-state index in [-0.39, 0.29) is 11.8 Å². The molecule has 0 aliphatic carbocycles. The summed E-state index contributed by atoms with van der Waals surface area (Å²) in [4.78, 5) is 23.3. The molecule has 5 nitrogen and oxygen atoms in total. The zero-order chi connectivity index (χ0) is 16.8. The van der Waals surface area contributed by atoms with E-state index in [2.05, 4.69) is 10.6 Å². The highest BCUT2D eigenvalue weighted by Crippen LogP contribution is 2.26. The molecule has 0 fully saturated rings. The Morgan fingerprint density at radius 1 is 1.09 bits per heavy atom. The van der Waals surface area contributed by atoms with Crippen LogP contribution in [0.1, 0.15) is 24.2 Å². The number of hydrogen-bond donors (Lipinski definition) is 2. The topological polar surface area (TPSA) is 67.4 Å². The number of ether oxygens (including phenoxy) is 1. The Bertz CT molecular complexity index is 732. The Morgan fingerprint density at radius 2 is 1.78 bits per heavy atom. The lowest BCUT2D eigenvalue weighted by molar-refractivity contribution is -0.114. The first kappa shape index (κ1) is 16.8. The molecule has 23 heavy (non-hydrogen) atoms. The molecule has 0 unspecified atom stereocenters. The van der Waals surface area contributed by atoms with Gasteiger partial charge in [0.25, 0.3) is 5.91 Å². The number of anilines is 2. The lowest BCUT2D eigenvalue weighted by atomic mass is 10.2. The van der Waals surface area contributed by atoms with Crippen molar-refractivity contribution >= 4 is 34.8 Å². The molecule has 0 heterocycles. The second-order valence-electron chi connectivity index (χ2n) is 4.79. The maximum absolute atomic E-state index is 12.3. The lowest BCUT2D eigenvalue weighted by Crippen LogP contribution is -2.12. The van der Waals surface area contributed by atoms with Crippen molar-refractivity contribution in [1.82, 2.24) is 0 Å². The van der Waals surface area contributed by atoms with Crippen molar-refractivity contribution in [3.05, 3.63) is 53.1 Å². The van der Waals surface area contributed by atoms with Crippen LogP contribution < -0.4 is 15.4 Å². The second-order valence-corrected chi connectivity index (χ2v) is 5.20. The third-order valence-electron chi connectivity index (χ3n) is 2.93. The van der Waals surface area contributed by atoms with Crippen LogP contribution in [0.4, 0.5) is 11.4 Å². The zero-order valence-electron chi connectivity index (χ0n) is 12.9. The summed E-state index contributed by atoms with van der Waals surface area (Å²) < 4.78 is 5.34. The van der Waals surface area contributed by atoms with Gasteiger partial charge in [-0.1, -0.05) is 17.7 Å². The Labute approximate surface area is 139 Å². The van der Waals surface area contributed by atoms with E-state index in [0.717, 1.165) is 0 Å². The van der Waals surface area contributed by atoms with Crippen LogP contribution in [-0.4, -0.2) is 18.4 Å². The van der Waals surface area contributed by atoms with Crippen LogP contribution in [0.25, 0.3) is 0 Å². The Kier molecular flexibility index (Phi) is 5.60. The summed E-state index contributed by atoms with van der Waals surface area (Å²) in [5.74, 6) is 0.0695. The molecule has 0 aliphatic rings. The van der Waals surface area contributed by atoms with E-state index >= 15 is 0 Å². The van der Waals surface area contributed by atoms with Crippen molar-refractivity contribution in [2.75, 3.05) is 17.2 Å². The van der Waals surface area contributed by atoms with E-state index in [1.165, 1.54) is 6.92 Å². The first-order chi connectivity index (χ1) is 11.0. The third kappa shape index (κ3) is 4.72. The van der Waals surface area contributed by atoms with Crippen LogP contribution in [0.3, 0.4) is 0 Å². The Balaban J connectivity index is 2.12. The van der Waals surface area contributed by atoms with Crippen LogP contribution in [-0.2, 0) is 4.79 Å². The van der Waals surface area contributed by atoms with Gasteiger partial charge in [0, 0.05) is 23.9 Å². The number of benzene rings is 2. The van der Waals surface area contributed by atoms with Gasteiger partial charge >= 0.3 is 0 Å². The van der Waals surface area contributed by atoms with Gasteiger partial charge in [-0.05, 0) is 43.3 Å². The van der Waals surface area contributed by atoms with E-state index < -0.39 is 0 Å². The molecule has 0 radical (unpaired) electrons. The second kappa shape index (κ2) is 7.65. The van der Waals surface area contributed by atoms with Crippen molar-refractivity contribution < 1.29 is 14.3 Å². The van der Waals surface area contributed by atoms with Crippen LogP contribution in [0, 0.1) is 0 Å². The van der Waals surface area contributed by atoms with E-state index in [0.29, 0.717) is 34.3 Å². The standard InChI is InChI=1S/C17H17ClN2O3/c1-3-23-16-8-7-12(9-15(16)18)17(22)20-14-6-4-5-13(10-14)19-11(2)21/h4-10H,3H2,1-2H3,(H,19,21)(H,20,22). The maximum Gasteiger partial charge on any atom is 0.255 e. The Hall–Kier alpha value is -2.53. The average Bonchev–Trinajstić information content (AvgIpc) is 2.49. The number of amides is 2. The predicted octanol–water partition coefficient (Wildman–Crippen LogP) is 3.95. The summed E-state index contributed by atoms with van der Waals surface area (Å²) in [5.41, 5.74) is 1.61. The minimum absolute atomic E-state index is 0.174. The Morgan fingerprint density at radius 3 is 2.39 bits per heavy atom. The monoisotopic (exact) mass is 332 g/mol. The summed E-state index contributed by atoms with van der Waals surface area (Å²) in [6.45, 7) is 3.79. The van der Waals surface area contributed by atoms with Gasteiger partial charge in [-0.15, -0.1) is 0 Å². The fraction of sp³-hybridized carbons (Fsp3) is 0.176. The van der Waals surface area contributed by atoms with Crippen LogP contribution in [0.2, 0.25) is 5.02 Å². The van der Waals surface area contributed by atoms with Gasteiger partial charge in [-0.25, -0.2) is 0 Å². The van der Waals surface area contributed by atoms with E-state index in [1.807, 2.05) is 6.92 Å². The molecule has 0 saturated heterocycles. The van der Waals surface area contributed by atoms with Crippen molar-refractivity contribution in [2.45, 2.75) is 13.8 Å². The van der Waals surface area contributed by atoms with E-state index in [4.69, 9.17) is 16.3 Å². The first-order valence-corrected chi connectivity index (χ1v) is 7.48. The van der Waals surface area contributed by atoms with Gasteiger partial charge in [0.15, 0.2) is 0 Å². The molecule has 2 aromatic rings. The molecule has 0 atom stereocenters. The highest BCUT2D eigenvalue weighted by Gasteiger charge is 2.10. The van der Waals surface area contributed by atoms with Gasteiger partial charge in [-0.2, -0.15) is 0 Å². The number of nitrogens with one attached hydrogen (secondary N) is 2. The predicted molar refractivity (Wildman–Crippen MR) is 91.3 cm³/mol. The quantitative estimate of drug-likeness (QED) is 0.871. The van der Waals surface area contributed by atoms with Crippen molar-refractivity contribution in [3.63, 3.8) is 0 Å². The number of halogens is 1.